The summed E-state index contributed by atoms with van der Waals surface area (Å²) in [6.07, 6.45) is 0. The summed E-state index contributed by atoms with van der Waals surface area (Å²) in [5.41, 5.74) is 1.42. The Morgan fingerprint density at radius 3 is 2.24 bits per heavy atom. The Balaban J connectivity index is 1.72. The topological polar surface area (TPSA) is 70.8 Å². The molecule has 3 rings (SSSR count). The molecule has 0 N–H and O–H groups in total. The summed E-state index contributed by atoms with van der Waals surface area (Å²) in [4.78, 5) is 14.4. The number of hydrogen-bond acceptors (Lipinski definition) is 5. The van der Waals surface area contributed by atoms with E-state index in [4.69, 9.17) is 16.0 Å². The van der Waals surface area contributed by atoms with Crippen molar-refractivity contribution < 1.29 is 17.6 Å². The minimum Gasteiger partial charge on any atom is -0.466 e. The van der Waals surface area contributed by atoms with E-state index in [0.29, 0.717) is 28.7 Å². The molecule has 1 amide bonds. The largest absolute Gasteiger partial charge is 0.466 e. The summed E-state index contributed by atoms with van der Waals surface area (Å²) >= 11 is 6.89. The van der Waals surface area contributed by atoms with Crippen LogP contribution in [0.4, 0.5) is 0 Å². The maximum atomic E-state index is 12.8. The number of hydrogen-bond donors (Lipinski definition) is 0. The second-order valence-electron chi connectivity index (χ2n) is 5.97. The van der Waals surface area contributed by atoms with Crippen molar-refractivity contribution in [3.05, 3.63) is 39.1 Å². The van der Waals surface area contributed by atoms with Crippen molar-refractivity contribution in [1.29, 1.82) is 0 Å². The highest BCUT2D eigenvalue weighted by Crippen LogP contribution is 2.29. The maximum absolute atomic E-state index is 12.8. The number of nitrogens with zero attached hydrogens (tertiary/aromatic N) is 2. The second-order valence-corrected chi connectivity index (χ2v) is 9.85. The Hall–Kier alpha value is -1.35. The Morgan fingerprint density at radius 1 is 1.12 bits per heavy atom. The summed E-state index contributed by atoms with van der Waals surface area (Å²) in [6.45, 7) is 6.68. The molecule has 0 aromatic carbocycles. The lowest BCUT2D eigenvalue weighted by molar-refractivity contribution is 0.0695. The molecular weight excluding hydrogens is 384 g/mol. The number of thiophene rings is 1. The van der Waals surface area contributed by atoms with Gasteiger partial charge in [-0.1, -0.05) is 11.6 Å². The molecule has 0 bridgehead atoms. The number of carbonyl (C=O) groups excluding carboxylic acids is 1. The first-order valence-corrected chi connectivity index (χ1v) is 10.5. The first-order valence-electron chi connectivity index (χ1n) is 7.83. The Bertz CT molecular complexity index is 909. The molecule has 136 valence electrons. The van der Waals surface area contributed by atoms with Gasteiger partial charge < -0.3 is 9.32 Å². The Labute approximate surface area is 156 Å². The molecule has 1 aliphatic rings. The number of amides is 1. The van der Waals surface area contributed by atoms with Crippen molar-refractivity contribution in [2.24, 2.45) is 0 Å². The SMILES string of the molecule is Cc1oc(C)c(C(=O)N2CCN(S(=O)(=O)c3ccc(Cl)s3)CC2)c1C. The van der Waals surface area contributed by atoms with E-state index in [9.17, 15) is 13.2 Å². The van der Waals surface area contributed by atoms with E-state index >= 15 is 0 Å². The maximum Gasteiger partial charge on any atom is 0.257 e. The predicted molar refractivity (Wildman–Crippen MR) is 96.9 cm³/mol. The van der Waals surface area contributed by atoms with Crippen molar-refractivity contribution in [3.8, 4) is 0 Å². The van der Waals surface area contributed by atoms with Crippen molar-refractivity contribution in [2.75, 3.05) is 26.2 Å². The molecule has 0 spiro atoms. The molecule has 25 heavy (non-hydrogen) atoms. The van der Waals surface area contributed by atoms with Gasteiger partial charge in [0.1, 0.15) is 15.7 Å². The minimum absolute atomic E-state index is 0.108. The fraction of sp³-hybridized carbons (Fsp3) is 0.438. The van der Waals surface area contributed by atoms with Crippen LogP contribution in [0.2, 0.25) is 4.34 Å². The molecule has 1 saturated heterocycles. The van der Waals surface area contributed by atoms with Crippen LogP contribution in [0, 0.1) is 20.8 Å². The zero-order valence-electron chi connectivity index (χ0n) is 14.2. The monoisotopic (exact) mass is 402 g/mol. The molecule has 9 heteroatoms. The molecule has 2 aromatic heterocycles. The van der Waals surface area contributed by atoms with E-state index in [0.717, 1.165) is 22.7 Å². The van der Waals surface area contributed by atoms with Gasteiger partial charge in [-0.25, -0.2) is 8.42 Å². The van der Waals surface area contributed by atoms with Gasteiger partial charge in [-0.3, -0.25) is 4.79 Å². The van der Waals surface area contributed by atoms with Crippen LogP contribution in [-0.4, -0.2) is 49.7 Å². The second kappa shape index (κ2) is 6.75. The van der Waals surface area contributed by atoms with E-state index in [2.05, 4.69) is 0 Å². The summed E-state index contributed by atoms with van der Waals surface area (Å²) < 4.78 is 32.8. The number of carbonyl (C=O) groups is 1. The van der Waals surface area contributed by atoms with Crippen LogP contribution in [-0.2, 0) is 10.0 Å². The molecule has 0 radical (unpaired) electrons. The number of furan rings is 1. The van der Waals surface area contributed by atoms with Crippen LogP contribution in [0.5, 0.6) is 0 Å². The van der Waals surface area contributed by atoms with E-state index in [1.54, 1.807) is 17.9 Å². The molecular formula is C16H19ClN2O4S2. The van der Waals surface area contributed by atoms with Gasteiger partial charge in [-0.2, -0.15) is 4.31 Å². The molecule has 6 nitrogen and oxygen atoms in total. The van der Waals surface area contributed by atoms with E-state index in [1.165, 1.54) is 10.4 Å². The van der Waals surface area contributed by atoms with E-state index in [1.807, 2.05) is 13.8 Å². The van der Waals surface area contributed by atoms with Crippen LogP contribution in [0.1, 0.15) is 27.4 Å². The van der Waals surface area contributed by atoms with Gasteiger partial charge in [0.25, 0.3) is 15.9 Å². The third-order valence-corrected chi connectivity index (χ3v) is 8.04. The third-order valence-electron chi connectivity index (χ3n) is 4.44. The predicted octanol–water partition coefficient (Wildman–Crippen LogP) is 3.07. The van der Waals surface area contributed by atoms with Crippen LogP contribution in [0.25, 0.3) is 0 Å². The van der Waals surface area contributed by atoms with Gasteiger partial charge in [0.05, 0.1) is 9.90 Å². The molecule has 0 atom stereocenters. The van der Waals surface area contributed by atoms with Crippen LogP contribution in [0.15, 0.2) is 20.8 Å². The lowest BCUT2D eigenvalue weighted by Crippen LogP contribution is -2.50. The fourth-order valence-corrected chi connectivity index (χ4v) is 6.02. The quantitative estimate of drug-likeness (QED) is 0.791. The minimum atomic E-state index is -3.56. The standard InChI is InChI=1S/C16H19ClN2O4S2/c1-10-11(2)23-12(3)15(10)16(20)18-6-8-19(9-7-18)25(21,22)14-5-4-13(17)24-14/h4-5H,6-9H2,1-3H3. The van der Waals surface area contributed by atoms with E-state index < -0.39 is 10.0 Å². The summed E-state index contributed by atoms with van der Waals surface area (Å²) in [5, 5.41) is 0. The van der Waals surface area contributed by atoms with Gasteiger partial charge in [-0.15, -0.1) is 11.3 Å². The smallest absolute Gasteiger partial charge is 0.257 e. The van der Waals surface area contributed by atoms with Gasteiger partial charge >= 0.3 is 0 Å². The normalized spacial score (nSPS) is 16.4. The van der Waals surface area contributed by atoms with Crippen LogP contribution >= 0.6 is 22.9 Å². The summed E-state index contributed by atoms with van der Waals surface area (Å²) in [7, 11) is -3.56. The van der Waals surface area contributed by atoms with E-state index in [-0.39, 0.29) is 23.2 Å². The molecule has 0 saturated carbocycles. The summed E-state index contributed by atoms with van der Waals surface area (Å²) in [5.74, 6) is 1.22. The van der Waals surface area contributed by atoms with Crippen LogP contribution in [0.3, 0.4) is 0 Å². The molecule has 3 heterocycles. The van der Waals surface area contributed by atoms with Crippen molar-refractivity contribution in [3.63, 3.8) is 0 Å². The van der Waals surface area contributed by atoms with Crippen molar-refractivity contribution in [2.45, 2.75) is 25.0 Å². The zero-order chi connectivity index (χ0) is 18.4. The van der Waals surface area contributed by atoms with Crippen LogP contribution < -0.4 is 0 Å². The molecule has 1 aliphatic heterocycles. The molecule has 0 aliphatic carbocycles. The number of halogens is 1. The average molecular weight is 403 g/mol. The van der Waals surface area contributed by atoms with Gasteiger partial charge in [0, 0.05) is 31.7 Å². The first kappa shape index (κ1) is 18.4. The first-order chi connectivity index (χ1) is 11.7. The Morgan fingerprint density at radius 2 is 1.76 bits per heavy atom. The average Bonchev–Trinajstić information content (AvgIpc) is 3.11. The van der Waals surface area contributed by atoms with Gasteiger partial charge in [0.15, 0.2) is 0 Å². The molecule has 2 aromatic rings. The lowest BCUT2D eigenvalue weighted by Gasteiger charge is -2.33. The van der Waals surface area contributed by atoms with Crippen molar-refractivity contribution in [1.82, 2.24) is 9.21 Å². The third kappa shape index (κ3) is 3.36. The highest BCUT2D eigenvalue weighted by atomic mass is 35.5. The zero-order valence-corrected chi connectivity index (χ0v) is 16.6. The van der Waals surface area contributed by atoms with Crippen molar-refractivity contribution >= 4 is 38.9 Å². The molecule has 0 unspecified atom stereocenters. The number of piperazine rings is 1. The number of rotatable bonds is 3. The lowest BCUT2D eigenvalue weighted by atomic mass is 10.1. The molecule has 1 fully saturated rings. The Kier molecular flexibility index (Phi) is 4.98. The highest BCUT2D eigenvalue weighted by molar-refractivity contribution is 7.91. The van der Waals surface area contributed by atoms with Gasteiger partial charge in [0.2, 0.25) is 0 Å². The number of aryl methyl sites for hydroxylation is 2. The number of sulfonamides is 1. The fourth-order valence-electron chi connectivity index (χ4n) is 2.96. The highest BCUT2D eigenvalue weighted by Gasteiger charge is 2.32. The van der Waals surface area contributed by atoms with Gasteiger partial charge in [-0.05, 0) is 32.9 Å². The summed E-state index contributed by atoms with van der Waals surface area (Å²) in [6, 6.07) is 3.09.